The van der Waals surface area contributed by atoms with Gasteiger partial charge >= 0.3 is 0 Å². The van der Waals surface area contributed by atoms with Crippen LogP contribution in [0, 0.1) is 5.82 Å². The fourth-order valence-electron chi connectivity index (χ4n) is 2.15. The van der Waals surface area contributed by atoms with Crippen LogP contribution in [-0.4, -0.2) is 42.0 Å². The molecular formula is C17H22FN3. The summed E-state index contributed by atoms with van der Waals surface area (Å²) in [5, 5.41) is 0. The van der Waals surface area contributed by atoms with Crippen molar-refractivity contribution in [2.45, 2.75) is 13.1 Å². The lowest BCUT2D eigenvalue weighted by atomic mass is 10.2. The van der Waals surface area contributed by atoms with Gasteiger partial charge in [-0.3, -0.25) is 9.88 Å². The molecule has 0 aliphatic rings. The third-order valence-corrected chi connectivity index (χ3v) is 3.34. The van der Waals surface area contributed by atoms with Crippen molar-refractivity contribution in [3.8, 4) is 0 Å². The van der Waals surface area contributed by atoms with Crippen molar-refractivity contribution >= 4 is 0 Å². The zero-order valence-corrected chi connectivity index (χ0v) is 12.7. The first-order valence-corrected chi connectivity index (χ1v) is 7.14. The van der Waals surface area contributed by atoms with Crippen molar-refractivity contribution in [1.82, 2.24) is 14.8 Å². The maximum Gasteiger partial charge on any atom is 0.123 e. The van der Waals surface area contributed by atoms with Gasteiger partial charge in [0.05, 0.1) is 0 Å². The molecular weight excluding hydrogens is 265 g/mol. The molecule has 0 saturated carbocycles. The number of likely N-dealkylation sites (N-methyl/N-ethyl adjacent to an activating group) is 1. The van der Waals surface area contributed by atoms with Crippen LogP contribution in [0.1, 0.15) is 11.1 Å². The molecule has 2 rings (SSSR count). The number of hydrogen-bond donors (Lipinski definition) is 0. The van der Waals surface area contributed by atoms with E-state index in [0.29, 0.717) is 0 Å². The number of nitrogens with zero attached hydrogens (tertiary/aromatic N) is 3. The third kappa shape index (κ3) is 5.61. The Bertz CT molecular complexity index is 525. The predicted octanol–water partition coefficient (Wildman–Crippen LogP) is 2.78. The zero-order chi connectivity index (χ0) is 15.1. The van der Waals surface area contributed by atoms with Crippen LogP contribution in [-0.2, 0) is 13.1 Å². The smallest absolute Gasteiger partial charge is 0.123 e. The summed E-state index contributed by atoms with van der Waals surface area (Å²) in [5.74, 6) is -0.187. The Balaban J connectivity index is 2.02. The van der Waals surface area contributed by atoms with E-state index in [1.165, 1.54) is 17.7 Å². The molecule has 1 aromatic carbocycles. The fourth-order valence-corrected chi connectivity index (χ4v) is 2.15. The molecule has 0 fully saturated rings. The summed E-state index contributed by atoms with van der Waals surface area (Å²) in [5.41, 5.74) is 2.37. The molecule has 1 heterocycles. The summed E-state index contributed by atoms with van der Waals surface area (Å²) >= 11 is 0. The molecule has 112 valence electrons. The Morgan fingerprint density at radius 1 is 0.857 bits per heavy atom. The van der Waals surface area contributed by atoms with Crippen LogP contribution in [0.25, 0.3) is 0 Å². The average molecular weight is 287 g/mol. The first-order chi connectivity index (χ1) is 10.1. The number of halogens is 1. The number of rotatable bonds is 7. The van der Waals surface area contributed by atoms with Gasteiger partial charge in [-0.05, 0) is 49.5 Å². The SMILES string of the molecule is CN(C)CCN(Cc1ccncc1)Cc1ccc(F)cc1. The average Bonchev–Trinajstić information content (AvgIpc) is 2.48. The van der Waals surface area contributed by atoms with Crippen molar-refractivity contribution in [3.63, 3.8) is 0 Å². The van der Waals surface area contributed by atoms with E-state index < -0.39 is 0 Å². The van der Waals surface area contributed by atoms with Crippen LogP contribution in [0.15, 0.2) is 48.8 Å². The Morgan fingerprint density at radius 2 is 1.43 bits per heavy atom. The quantitative estimate of drug-likeness (QED) is 0.780. The lowest BCUT2D eigenvalue weighted by Crippen LogP contribution is -2.31. The van der Waals surface area contributed by atoms with Gasteiger partial charge in [-0.1, -0.05) is 12.1 Å². The predicted molar refractivity (Wildman–Crippen MR) is 83.3 cm³/mol. The van der Waals surface area contributed by atoms with E-state index in [0.717, 1.165) is 31.7 Å². The van der Waals surface area contributed by atoms with Crippen LogP contribution in [0.4, 0.5) is 4.39 Å². The molecule has 0 aliphatic carbocycles. The van der Waals surface area contributed by atoms with Crippen molar-refractivity contribution < 1.29 is 4.39 Å². The van der Waals surface area contributed by atoms with Gasteiger partial charge in [0, 0.05) is 38.6 Å². The maximum atomic E-state index is 13.0. The highest BCUT2D eigenvalue weighted by molar-refractivity contribution is 5.16. The van der Waals surface area contributed by atoms with E-state index in [1.54, 1.807) is 0 Å². The second-order valence-electron chi connectivity index (χ2n) is 5.50. The lowest BCUT2D eigenvalue weighted by molar-refractivity contribution is 0.226. The third-order valence-electron chi connectivity index (χ3n) is 3.34. The van der Waals surface area contributed by atoms with Crippen LogP contribution in [0.5, 0.6) is 0 Å². The van der Waals surface area contributed by atoms with E-state index in [4.69, 9.17) is 0 Å². The minimum absolute atomic E-state index is 0.187. The largest absolute Gasteiger partial charge is 0.308 e. The number of benzene rings is 1. The summed E-state index contributed by atoms with van der Waals surface area (Å²) in [6, 6.07) is 10.8. The highest BCUT2D eigenvalue weighted by atomic mass is 19.1. The molecule has 0 radical (unpaired) electrons. The molecule has 0 unspecified atom stereocenters. The van der Waals surface area contributed by atoms with Crippen LogP contribution in [0.3, 0.4) is 0 Å². The summed E-state index contributed by atoms with van der Waals surface area (Å²) in [6.07, 6.45) is 3.63. The van der Waals surface area contributed by atoms with E-state index in [9.17, 15) is 4.39 Å². The highest BCUT2D eigenvalue weighted by Gasteiger charge is 2.08. The number of pyridine rings is 1. The fraction of sp³-hybridized carbons (Fsp3) is 0.353. The van der Waals surface area contributed by atoms with E-state index in [2.05, 4.69) is 28.9 Å². The second-order valence-corrected chi connectivity index (χ2v) is 5.50. The molecule has 3 nitrogen and oxygen atoms in total. The molecule has 0 spiro atoms. The first-order valence-electron chi connectivity index (χ1n) is 7.14. The van der Waals surface area contributed by atoms with Gasteiger partial charge in [-0.2, -0.15) is 0 Å². The van der Waals surface area contributed by atoms with Crippen LogP contribution >= 0.6 is 0 Å². The van der Waals surface area contributed by atoms with Crippen molar-refractivity contribution in [1.29, 1.82) is 0 Å². The van der Waals surface area contributed by atoms with Crippen molar-refractivity contribution in [3.05, 3.63) is 65.7 Å². The molecule has 0 aliphatic heterocycles. The van der Waals surface area contributed by atoms with Gasteiger partial charge in [0.15, 0.2) is 0 Å². The minimum atomic E-state index is -0.187. The highest BCUT2D eigenvalue weighted by Crippen LogP contribution is 2.10. The Hall–Kier alpha value is -1.78. The van der Waals surface area contributed by atoms with E-state index in [-0.39, 0.29) is 5.82 Å². The van der Waals surface area contributed by atoms with Crippen LogP contribution in [0.2, 0.25) is 0 Å². The molecule has 0 saturated heterocycles. The molecule has 0 bridgehead atoms. The van der Waals surface area contributed by atoms with Crippen molar-refractivity contribution in [2.24, 2.45) is 0 Å². The first kappa shape index (κ1) is 15.6. The molecule has 1 aromatic heterocycles. The number of aromatic nitrogens is 1. The Labute approximate surface area is 126 Å². The van der Waals surface area contributed by atoms with E-state index in [1.807, 2.05) is 36.7 Å². The van der Waals surface area contributed by atoms with Crippen LogP contribution < -0.4 is 0 Å². The van der Waals surface area contributed by atoms with Gasteiger partial charge in [0.2, 0.25) is 0 Å². The second kappa shape index (κ2) is 7.86. The minimum Gasteiger partial charge on any atom is -0.308 e. The molecule has 21 heavy (non-hydrogen) atoms. The van der Waals surface area contributed by atoms with Gasteiger partial charge in [0.25, 0.3) is 0 Å². The summed E-state index contributed by atoms with van der Waals surface area (Å²) in [7, 11) is 4.14. The monoisotopic (exact) mass is 287 g/mol. The Kier molecular flexibility index (Phi) is 5.84. The summed E-state index contributed by atoms with van der Waals surface area (Å²) in [4.78, 5) is 8.59. The van der Waals surface area contributed by atoms with Crippen molar-refractivity contribution in [2.75, 3.05) is 27.2 Å². The summed E-state index contributed by atoms with van der Waals surface area (Å²) in [6.45, 7) is 3.64. The Morgan fingerprint density at radius 3 is 2.00 bits per heavy atom. The maximum absolute atomic E-state index is 13.0. The van der Waals surface area contributed by atoms with Gasteiger partial charge < -0.3 is 4.90 Å². The molecule has 2 aromatic rings. The molecule has 4 heteroatoms. The molecule has 0 N–H and O–H groups in total. The zero-order valence-electron chi connectivity index (χ0n) is 12.7. The molecule has 0 amide bonds. The standard InChI is InChI=1S/C17H22FN3/c1-20(2)11-12-21(14-16-7-9-19-10-8-16)13-15-3-5-17(18)6-4-15/h3-10H,11-14H2,1-2H3. The topological polar surface area (TPSA) is 19.4 Å². The number of hydrogen-bond acceptors (Lipinski definition) is 3. The van der Waals surface area contributed by atoms with Gasteiger partial charge in [-0.25, -0.2) is 4.39 Å². The lowest BCUT2D eigenvalue weighted by Gasteiger charge is -2.24. The normalized spacial score (nSPS) is 11.3. The van der Waals surface area contributed by atoms with Gasteiger partial charge in [0.1, 0.15) is 5.82 Å². The molecule has 0 atom stereocenters. The summed E-state index contributed by atoms with van der Waals surface area (Å²) < 4.78 is 13.0. The van der Waals surface area contributed by atoms with Gasteiger partial charge in [-0.15, -0.1) is 0 Å². The van der Waals surface area contributed by atoms with E-state index >= 15 is 0 Å².